The van der Waals surface area contributed by atoms with Crippen molar-refractivity contribution in [2.24, 2.45) is 22.7 Å². The van der Waals surface area contributed by atoms with E-state index in [1.807, 2.05) is 31.6 Å². The molecule has 282 valence electrons. The van der Waals surface area contributed by atoms with E-state index >= 15 is 0 Å². The molecule has 1 N–H and O–H groups in total. The SMILES string of the molecule is C=C[C@@H]1C[C@]1(CC(=O)[C@@H]1C[C@@H](Oc2ccnc3cc(OC)ccc23)CN1C(=O)[C@@H](CC(=O)OC1CCCC1)C(C)(C)C)C(=O)NS(=O)(=O)OC1CC1. The van der Waals surface area contributed by atoms with Crippen molar-refractivity contribution >= 4 is 44.8 Å². The fourth-order valence-electron chi connectivity index (χ4n) is 7.51. The number of carbonyl (C=O) groups is 4. The number of hydrogen-bond donors (Lipinski definition) is 1. The molecule has 4 fully saturated rings. The van der Waals surface area contributed by atoms with Gasteiger partial charge in [0.15, 0.2) is 5.78 Å². The van der Waals surface area contributed by atoms with Gasteiger partial charge in [-0.1, -0.05) is 26.8 Å². The van der Waals surface area contributed by atoms with Gasteiger partial charge in [-0.2, -0.15) is 8.42 Å². The number of methoxy groups -OCH3 is 1. The molecule has 3 saturated carbocycles. The van der Waals surface area contributed by atoms with Crippen LogP contribution >= 0.6 is 0 Å². The Balaban J connectivity index is 1.26. The number of likely N-dealkylation sites (tertiary alicyclic amines) is 1. The number of esters is 1. The average molecular weight is 740 g/mol. The summed E-state index contributed by atoms with van der Waals surface area (Å²) in [5.74, 6) is -2.21. The van der Waals surface area contributed by atoms with Gasteiger partial charge in [0, 0.05) is 30.5 Å². The normalized spacial score (nSPS) is 25.4. The molecule has 2 aromatic rings. The summed E-state index contributed by atoms with van der Waals surface area (Å²) in [6.07, 6.45) is 6.52. The molecule has 14 heteroatoms. The number of ketones is 1. The Hall–Kier alpha value is -4.04. The molecule has 6 rings (SSSR count). The van der Waals surface area contributed by atoms with Crippen molar-refractivity contribution in [3.8, 4) is 11.5 Å². The molecule has 1 aliphatic heterocycles. The summed E-state index contributed by atoms with van der Waals surface area (Å²) in [4.78, 5) is 61.6. The summed E-state index contributed by atoms with van der Waals surface area (Å²) >= 11 is 0. The van der Waals surface area contributed by atoms with Crippen LogP contribution in [0.3, 0.4) is 0 Å². The van der Waals surface area contributed by atoms with Gasteiger partial charge in [0.25, 0.3) is 0 Å². The van der Waals surface area contributed by atoms with E-state index < -0.39 is 68.9 Å². The van der Waals surface area contributed by atoms with Crippen molar-refractivity contribution < 1.29 is 46.0 Å². The van der Waals surface area contributed by atoms with Gasteiger partial charge in [0.2, 0.25) is 11.8 Å². The Labute approximate surface area is 305 Å². The van der Waals surface area contributed by atoms with E-state index in [1.54, 1.807) is 37.6 Å². The van der Waals surface area contributed by atoms with Crippen molar-refractivity contribution in [2.75, 3.05) is 13.7 Å². The van der Waals surface area contributed by atoms with E-state index in [9.17, 15) is 27.6 Å². The van der Waals surface area contributed by atoms with E-state index in [4.69, 9.17) is 18.4 Å². The molecule has 1 aromatic heterocycles. The number of fused-ring (bicyclic) bond motifs is 1. The number of allylic oxidation sites excluding steroid dienone is 1. The molecule has 2 amide bonds. The number of Topliss-reactive ketones (excluding diaryl/α,β-unsaturated/α-hetero) is 1. The molecule has 3 aliphatic carbocycles. The number of pyridine rings is 1. The lowest BCUT2D eigenvalue weighted by Crippen LogP contribution is -2.48. The molecule has 4 aliphatic rings. The molecular formula is C38H49N3O10S. The van der Waals surface area contributed by atoms with E-state index in [-0.39, 0.29) is 44.2 Å². The number of aromatic nitrogens is 1. The second kappa shape index (κ2) is 14.8. The molecule has 0 unspecified atom stereocenters. The van der Waals surface area contributed by atoms with Crippen LogP contribution in [-0.4, -0.2) is 79.9 Å². The molecular weight excluding hydrogens is 690 g/mol. The third kappa shape index (κ3) is 8.43. The predicted octanol–water partition coefficient (Wildman–Crippen LogP) is 4.82. The van der Waals surface area contributed by atoms with Gasteiger partial charge < -0.3 is 19.1 Å². The Morgan fingerprint density at radius 2 is 1.81 bits per heavy atom. The summed E-state index contributed by atoms with van der Waals surface area (Å²) in [5.41, 5.74) is -1.39. The van der Waals surface area contributed by atoms with E-state index in [2.05, 4.69) is 11.6 Å². The highest BCUT2D eigenvalue weighted by atomic mass is 32.2. The zero-order valence-electron chi connectivity index (χ0n) is 30.3. The van der Waals surface area contributed by atoms with Crippen molar-refractivity contribution in [1.29, 1.82) is 0 Å². The van der Waals surface area contributed by atoms with Crippen molar-refractivity contribution in [3.05, 3.63) is 43.1 Å². The summed E-state index contributed by atoms with van der Waals surface area (Å²) in [6, 6.07) is 6.11. The lowest BCUT2D eigenvalue weighted by atomic mass is 9.77. The minimum Gasteiger partial charge on any atom is -0.497 e. The van der Waals surface area contributed by atoms with E-state index in [0.717, 1.165) is 31.1 Å². The van der Waals surface area contributed by atoms with E-state index in [1.165, 1.54) is 4.90 Å². The number of ether oxygens (including phenoxy) is 3. The van der Waals surface area contributed by atoms with Crippen LogP contribution in [0.4, 0.5) is 0 Å². The fourth-order valence-corrected chi connectivity index (χ4v) is 8.54. The second-order valence-corrected chi connectivity index (χ2v) is 17.0. The van der Waals surface area contributed by atoms with Crippen LogP contribution in [0.1, 0.15) is 85.0 Å². The zero-order chi connectivity index (χ0) is 37.4. The Bertz CT molecular complexity index is 1830. The third-order valence-corrected chi connectivity index (χ3v) is 11.8. The summed E-state index contributed by atoms with van der Waals surface area (Å²) in [7, 11) is -2.81. The van der Waals surface area contributed by atoms with Gasteiger partial charge in [-0.25, -0.2) is 4.72 Å². The monoisotopic (exact) mass is 739 g/mol. The highest BCUT2D eigenvalue weighted by molar-refractivity contribution is 7.85. The number of nitrogens with one attached hydrogen (secondary N) is 1. The molecule has 1 aromatic carbocycles. The Morgan fingerprint density at radius 3 is 2.44 bits per heavy atom. The minimum atomic E-state index is -4.37. The maximum absolute atomic E-state index is 14.6. The van der Waals surface area contributed by atoms with Crippen LogP contribution < -0.4 is 14.2 Å². The van der Waals surface area contributed by atoms with Crippen LogP contribution in [0.15, 0.2) is 43.1 Å². The summed E-state index contributed by atoms with van der Waals surface area (Å²) in [6.45, 7) is 9.47. The quantitative estimate of drug-likeness (QED) is 0.197. The average Bonchev–Trinajstić information content (AvgIpc) is 3.92. The maximum Gasteiger partial charge on any atom is 0.362 e. The highest BCUT2D eigenvalue weighted by Crippen LogP contribution is 2.57. The molecule has 2 heterocycles. The molecule has 13 nitrogen and oxygen atoms in total. The number of nitrogens with zero attached hydrogens (tertiary/aromatic N) is 2. The summed E-state index contributed by atoms with van der Waals surface area (Å²) in [5, 5.41) is 0.718. The lowest BCUT2D eigenvalue weighted by Gasteiger charge is -2.35. The first kappa shape index (κ1) is 37.7. The van der Waals surface area contributed by atoms with Gasteiger partial charge in [0.1, 0.15) is 23.7 Å². The molecule has 0 radical (unpaired) electrons. The van der Waals surface area contributed by atoms with Crippen molar-refractivity contribution in [2.45, 2.75) is 109 Å². The van der Waals surface area contributed by atoms with Crippen LogP contribution in [0, 0.1) is 22.7 Å². The first-order chi connectivity index (χ1) is 24.6. The number of hydrogen-bond acceptors (Lipinski definition) is 11. The van der Waals surface area contributed by atoms with Crippen molar-refractivity contribution in [3.63, 3.8) is 0 Å². The second-order valence-electron chi connectivity index (χ2n) is 15.7. The topological polar surface area (TPSA) is 168 Å². The Morgan fingerprint density at radius 1 is 1.08 bits per heavy atom. The first-order valence-electron chi connectivity index (χ1n) is 18.1. The van der Waals surface area contributed by atoms with Gasteiger partial charge in [-0.3, -0.25) is 28.3 Å². The van der Waals surface area contributed by atoms with Crippen LogP contribution in [0.2, 0.25) is 0 Å². The number of carbonyl (C=O) groups excluding carboxylic acids is 4. The molecule has 0 spiro atoms. The number of benzene rings is 1. The number of amides is 2. The zero-order valence-corrected chi connectivity index (χ0v) is 31.1. The van der Waals surface area contributed by atoms with Gasteiger partial charge in [-0.15, -0.1) is 6.58 Å². The standard InChI is InChI=1S/C38H49N3O10S/c1-6-23-20-38(23,36(45)40-52(46,47)51-25-11-12-25)21-32(42)31-18-27(49-33-15-16-39-30-17-26(48-5)13-14-28(30)33)22-41(31)35(44)29(37(2,3)4)19-34(43)50-24-9-7-8-10-24/h6,13-17,23-25,27,29,31H,1,7-12,18-22H2,2-5H3,(H,40,45)/t23-,27-,29-,31+,38-/m1/s1. The van der Waals surface area contributed by atoms with Gasteiger partial charge >= 0.3 is 16.3 Å². The predicted molar refractivity (Wildman–Crippen MR) is 190 cm³/mol. The minimum absolute atomic E-state index is 0.0488. The highest BCUT2D eigenvalue weighted by Gasteiger charge is 2.61. The van der Waals surface area contributed by atoms with Crippen molar-refractivity contribution in [1.82, 2.24) is 14.6 Å². The first-order valence-corrected chi connectivity index (χ1v) is 19.5. The van der Waals surface area contributed by atoms with Crippen LogP contribution in [0.25, 0.3) is 10.9 Å². The molecule has 52 heavy (non-hydrogen) atoms. The van der Waals surface area contributed by atoms with Crippen LogP contribution in [-0.2, 0) is 38.4 Å². The Kier molecular flexibility index (Phi) is 10.7. The van der Waals surface area contributed by atoms with Gasteiger partial charge in [0.05, 0.1) is 49.1 Å². The number of rotatable bonds is 15. The van der Waals surface area contributed by atoms with Gasteiger partial charge in [-0.05, 0) is 74.5 Å². The summed E-state index contributed by atoms with van der Waals surface area (Å²) < 4.78 is 49.8. The van der Waals surface area contributed by atoms with E-state index in [0.29, 0.717) is 29.9 Å². The molecule has 5 atom stereocenters. The maximum atomic E-state index is 14.6. The van der Waals surface area contributed by atoms with Crippen LogP contribution in [0.5, 0.6) is 11.5 Å². The molecule has 1 saturated heterocycles. The molecule has 0 bridgehead atoms. The fraction of sp³-hybridized carbons (Fsp3) is 0.605. The lowest BCUT2D eigenvalue weighted by molar-refractivity contribution is -0.156. The smallest absolute Gasteiger partial charge is 0.362 e. The largest absolute Gasteiger partial charge is 0.497 e. The third-order valence-electron chi connectivity index (χ3n) is 10.8.